The first kappa shape index (κ1) is 17.7. The van der Waals surface area contributed by atoms with Crippen LogP contribution in [0.25, 0.3) is 10.2 Å². The largest absolute Gasteiger partial charge is 0.491 e. The predicted molar refractivity (Wildman–Crippen MR) is 108 cm³/mol. The second-order valence-corrected chi connectivity index (χ2v) is 7.61. The lowest BCUT2D eigenvalue weighted by Crippen LogP contribution is -2.37. The first-order valence-electron chi connectivity index (χ1n) is 9.19. The molecule has 0 saturated heterocycles. The fraction of sp³-hybridized carbons (Fsp3) is 0.250. The molecule has 0 spiro atoms. The first-order chi connectivity index (χ1) is 14.2. The normalized spacial score (nSPS) is 15.4. The van der Waals surface area contributed by atoms with Gasteiger partial charge in [0.1, 0.15) is 25.5 Å². The number of nitrogens with zero attached hydrogens (tertiary/aromatic N) is 2. The second-order valence-electron chi connectivity index (χ2n) is 6.58. The van der Waals surface area contributed by atoms with Gasteiger partial charge in [0.05, 0.1) is 28.9 Å². The number of amides is 2. The maximum absolute atomic E-state index is 12.7. The Balaban J connectivity index is 1.36. The van der Waals surface area contributed by atoms with Crippen molar-refractivity contribution in [1.29, 1.82) is 0 Å². The average molecular weight is 411 g/mol. The average Bonchev–Trinajstić information content (AvgIpc) is 3.03. The summed E-state index contributed by atoms with van der Waals surface area (Å²) in [4.78, 5) is 31.0. The van der Waals surface area contributed by atoms with Crippen molar-refractivity contribution in [3.63, 3.8) is 0 Å². The number of anilines is 2. The third-order valence-corrected chi connectivity index (χ3v) is 5.56. The van der Waals surface area contributed by atoms with E-state index in [0.717, 1.165) is 10.2 Å². The third-order valence-electron chi connectivity index (χ3n) is 4.63. The van der Waals surface area contributed by atoms with Crippen molar-refractivity contribution in [2.45, 2.75) is 6.42 Å². The fourth-order valence-electron chi connectivity index (χ4n) is 3.31. The summed E-state index contributed by atoms with van der Waals surface area (Å²) in [6.07, 6.45) is 0.217. The maximum atomic E-state index is 12.7. The van der Waals surface area contributed by atoms with Crippen molar-refractivity contribution in [3.8, 4) is 17.2 Å². The number of aromatic nitrogens is 1. The van der Waals surface area contributed by atoms with Gasteiger partial charge < -0.3 is 19.5 Å². The minimum atomic E-state index is -0.327. The van der Waals surface area contributed by atoms with Crippen LogP contribution in [0.2, 0.25) is 0 Å². The zero-order valence-electron chi connectivity index (χ0n) is 15.3. The lowest BCUT2D eigenvalue weighted by molar-refractivity contribution is -0.121. The van der Waals surface area contributed by atoms with Gasteiger partial charge in [0.2, 0.25) is 11.8 Å². The summed E-state index contributed by atoms with van der Waals surface area (Å²) in [7, 11) is 0. The van der Waals surface area contributed by atoms with Crippen LogP contribution < -0.4 is 24.4 Å². The number of para-hydroxylation sites is 2. The summed E-state index contributed by atoms with van der Waals surface area (Å²) >= 11 is 1.34. The van der Waals surface area contributed by atoms with E-state index in [0.29, 0.717) is 47.9 Å². The molecule has 29 heavy (non-hydrogen) atoms. The van der Waals surface area contributed by atoms with Crippen LogP contribution in [0.3, 0.4) is 0 Å². The smallest absolute Gasteiger partial charge is 0.246 e. The van der Waals surface area contributed by atoms with E-state index in [4.69, 9.17) is 14.2 Å². The Labute approximate surface area is 170 Å². The number of carbonyl (C=O) groups excluding carboxylic acids is 2. The highest BCUT2D eigenvalue weighted by molar-refractivity contribution is 7.22. The molecule has 1 aromatic heterocycles. The molecule has 3 heterocycles. The lowest BCUT2D eigenvalue weighted by Gasteiger charge is -2.20. The highest BCUT2D eigenvalue weighted by atomic mass is 32.1. The number of ether oxygens (including phenoxy) is 3. The lowest BCUT2D eigenvalue weighted by atomic mass is 10.2. The molecule has 9 heteroatoms. The van der Waals surface area contributed by atoms with Crippen LogP contribution in [-0.2, 0) is 9.59 Å². The van der Waals surface area contributed by atoms with Crippen molar-refractivity contribution >= 4 is 44.2 Å². The molecule has 2 aromatic carbocycles. The van der Waals surface area contributed by atoms with Gasteiger partial charge in [-0.15, -0.1) is 0 Å². The maximum Gasteiger partial charge on any atom is 0.246 e. The van der Waals surface area contributed by atoms with Crippen LogP contribution in [0.15, 0.2) is 36.4 Å². The quantitative estimate of drug-likeness (QED) is 0.713. The highest BCUT2D eigenvalue weighted by Gasteiger charge is 2.25. The topological polar surface area (TPSA) is 90.0 Å². The molecule has 0 saturated carbocycles. The van der Waals surface area contributed by atoms with E-state index in [1.165, 1.54) is 16.2 Å². The molecule has 2 aliphatic heterocycles. The van der Waals surface area contributed by atoms with Crippen molar-refractivity contribution in [3.05, 3.63) is 36.4 Å². The number of fused-ring (bicyclic) bond motifs is 3. The van der Waals surface area contributed by atoms with Gasteiger partial charge in [-0.2, -0.15) is 0 Å². The van der Waals surface area contributed by atoms with E-state index in [1.54, 1.807) is 12.1 Å². The fourth-order valence-corrected chi connectivity index (χ4v) is 4.21. The van der Waals surface area contributed by atoms with Gasteiger partial charge in [0, 0.05) is 12.1 Å². The minimum absolute atomic E-state index is 0.113. The van der Waals surface area contributed by atoms with Gasteiger partial charge >= 0.3 is 0 Å². The number of hydrogen-bond donors (Lipinski definition) is 1. The Morgan fingerprint density at radius 1 is 1.07 bits per heavy atom. The van der Waals surface area contributed by atoms with Crippen molar-refractivity contribution in [2.75, 3.05) is 36.6 Å². The van der Waals surface area contributed by atoms with Gasteiger partial charge in [0.15, 0.2) is 16.6 Å². The molecule has 0 bridgehead atoms. The molecule has 3 aromatic rings. The van der Waals surface area contributed by atoms with Crippen LogP contribution in [-0.4, -0.2) is 43.2 Å². The molecule has 0 radical (unpaired) electrons. The second kappa shape index (κ2) is 7.25. The summed E-state index contributed by atoms with van der Waals surface area (Å²) in [6.45, 7) is 1.19. The van der Waals surface area contributed by atoms with E-state index >= 15 is 0 Å². The van der Waals surface area contributed by atoms with Gasteiger partial charge in [-0.1, -0.05) is 23.5 Å². The minimum Gasteiger partial charge on any atom is -0.491 e. The third kappa shape index (κ3) is 3.44. The predicted octanol–water partition coefficient (Wildman–Crippen LogP) is 2.82. The van der Waals surface area contributed by atoms with Gasteiger partial charge in [-0.05, 0) is 12.1 Å². The number of nitrogens with one attached hydrogen (secondary N) is 1. The Kier molecular flexibility index (Phi) is 4.44. The van der Waals surface area contributed by atoms with Crippen LogP contribution >= 0.6 is 11.3 Å². The van der Waals surface area contributed by atoms with Crippen molar-refractivity contribution < 1.29 is 23.8 Å². The molecule has 0 fully saturated rings. The standard InChI is InChI=1S/C20H17N3O5S/c24-18(11-23-13-3-1-2-4-14(13)26-6-5-19(23)25)22-20-21-12-9-15-16(10-17(12)29-20)28-8-7-27-15/h1-4,9-10H,5-8,11H2,(H,21,22,24). The molecular formula is C20H17N3O5S. The summed E-state index contributed by atoms with van der Waals surface area (Å²) in [5, 5.41) is 3.25. The van der Waals surface area contributed by atoms with E-state index in [2.05, 4.69) is 10.3 Å². The molecule has 2 amide bonds. The summed E-state index contributed by atoms with van der Waals surface area (Å²) in [5.74, 6) is 1.44. The van der Waals surface area contributed by atoms with E-state index in [-0.39, 0.29) is 24.8 Å². The number of rotatable bonds is 3. The number of carbonyl (C=O) groups is 2. The van der Waals surface area contributed by atoms with Gasteiger partial charge in [0.25, 0.3) is 0 Å². The zero-order chi connectivity index (χ0) is 19.8. The number of hydrogen-bond acceptors (Lipinski definition) is 7. The first-order valence-corrected chi connectivity index (χ1v) is 10.0. The Morgan fingerprint density at radius 2 is 1.83 bits per heavy atom. The Hall–Kier alpha value is -3.33. The van der Waals surface area contributed by atoms with Crippen molar-refractivity contribution in [2.24, 2.45) is 0 Å². The molecule has 0 unspecified atom stereocenters. The van der Waals surface area contributed by atoms with Crippen molar-refractivity contribution in [1.82, 2.24) is 4.98 Å². The van der Waals surface area contributed by atoms with Crippen LogP contribution in [0, 0.1) is 0 Å². The molecule has 5 rings (SSSR count). The van der Waals surface area contributed by atoms with Crippen LogP contribution in [0.4, 0.5) is 10.8 Å². The molecule has 1 N–H and O–H groups in total. The number of benzene rings is 2. The van der Waals surface area contributed by atoms with Crippen LogP contribution in [0.5, 0.6) is 17.2 Å². The Morgan fingerprint density at radius 3 is 2.69 bits per heavy atom. The molecule has 8 nitrogen and oxygen atoms in total. The van der Waals surface area contributed by atoms with E-state index in [1.807, 2.05) is 24.3 Å². The molecule has 2 aliphatic rings. The highest BCUT2D eigenvalue weighted by Crippen LogP contribution is 2.38. The molecule has 148 valence electrons. The van der Waals surface area contributed by atoms with Gasteiger partial charge in [-0.25, -0.2) is 4.98 Å². The summed E-state index contributed by atoms with van der Waals surface area (Å²) in [5.41, 5.74) is 1.32. The van der Waals surface area contributed by atoms with E-state index in [9.17, 15) is 9.59 Å². The Bertz CT molecular complexity index is 1070. The monoisotopic (exact) mass is 411 g/mol. The summed E-state index contributed by atoms with van der Waals surface area (Å²) < 4.78 is 17.7. The van der Waals surface area contributed by atoms with Crippen LogP contribution in [0.1, 0.15) is 6.42 Å². The van der Waals surface area contributed by atoms with E-state index < -0.39 is 0 Å². The number of thiazole rings is 1. The molecular weight excluding hydrogens is 394 g/mol. The molecule has 0 atom stereocenters. The van der Waals surface area contributed by atoms with Gasteiger partial charge in [-0.3, -0.25) is 14.5 Å². The summed E-state index contributed by atoms with van der Waals surface area (Å²) in [6, 6.07) is 10.9. The molecule has 0 aliphatic carbocycles. The zero-order valence-corrected chi connectivity index (χ0v) is 16.2. The SMILES string of the molecule is O=C(CN1C(=O)CCOc2ccccc21)Nc1nc2cc3c(cc2s1)OCCO3.